The van der Waals surface area contributed by atoms with Crippen LogP contribution in [0, 0.1) is 0 Å². The van der Waals surface area contributed by atoms with E-state index in [1.807, 2.05) is 13.8 Å². The molecule has 0 saturated carbocycles. The fraction of sp³-hybridized carbons (Fsp3) is 0.615. The van der Waals surface area contributed by atoms with Gasteiger partial charge in [-0.05, 0) is 18.4 Å². The molecule has 0 aliphatic rings. The lowest BCUT2D eigenvalue weighted by molar-refractivity contribution is -0.131. The Bertz CT molecular complexity index is 334. The Balaban J connectivity index is 5.64. The SMILES string of the molecule is CCC(=C=C(C(=O)N(C)C)C(=O)N(C)C)CC. The van der Waals surface area contributed by atoms with E-state index < -0.39 is 0 Å². The summed E-state index contributed by atoms with van der Waals surface area (Å²) in [6.45, 7) is 3.98. The van der Waals surface area contributed by atoms with Gasteiger partial charge in [-0.2, -0.15) is 0 Å². The number of carbonyl (C=O) groups excluding carboxylic acids is 2. The molecule has 0 heterocycles. The average molecular weight is 238 g/mol. The molecule has 0 aliphatic heterocycles. The zero-order valence-corrected chi connectivity index (χ0v) is 11.6. The van der Waals surface area contributed by atoms with Gasteiger partial charge in [-0.3, -0.25) is 9.59 Å². The van der Waals surface area contributed by atoms with Crippen LogP contribution in [0.25, 0.3) is 0 Å². The molecule has 0 aromatic carbocycles. The van der Waals surface area contributed by atoms with Crippen LogP contribution in [0.15, 0.2) is 16.9 Å². The van der Waals surface area contributed by atoms with Crippen molar-refractivity contribution in [2.24, 2.45) is 0 Å². The molecule has 0 N–H and O–H groups in total. The summed E-state index contributed by atoms with van der Waals surface area (Å²) in [6, 6.07) is 0. The molecule has 0 aliphatic carbocycles. The summed E-state index contributed by atoms with van der Waals surface area (Å²) in [6.07, 6.45) is 1.59. The molecule has 0 rings (SSSR count). The Labute approximate surface area is 104 Å². The van der Waals surface area contributed by atoms with Gasteiger partial charge >= 0.3 is 0 Å². The average Bonchev–Trinajstić information content (AvgIpc) is 2.29. The van der Waals surface area contributed by atoms with Crippen molar-refractivity contribution in [2.45, 2.75) is 26.7 Å². The molecule has 0 unspecified atom stereocenters. The lowest BCUT2D eigenvalue weighted by Crippen LogP contribution is -2.33. The summed E-state index contributed by atoms with van der Waals surface area (Å²) in [4.78, 5) is 26.6. The molecule has 96 valence electrons. The highest BCUT2D eigenvalue weighted by atomic mass is 16.2. The fourth-order valence-corrected chi connectivity index (χ4v) is 1.25. The number of amides is 2. The van der Waals surface area contributed by atoms with Crippen molar-refractivity contribution in [3.8, 4) is 0 Å². The van der Waals surface area contributed by atoms with E-state index in [-0.39, 0.29) is 17.4 Å². The smallest absolute Gasteiger partial charge is 0.266 e. The first-order valence-electron chi connectivity index (χ1n) is 5.77. The van der Waals surface area contributed by atoms with Crippen molar-refractivity contribution < 1.29 is 9.59 Å². The van der Waals surface area contributed by atoms with E-state index in [9.17, 15) is 9.59 Å². The lowest BCUT2D eigenvalue weighted by Gasteiger charge is -2.15. The van der Waals surface area contributed by atoms with Gasteiger partial charge in [0.15, 0.2) is 0 Å². The summed E-state index contributed by atoms with van der Waals surface area (Å²) >= 11 is 0. The number of hydrogen-bond donors (Lipinski definition) is 0. The molecule has 0 spiro atoms. The van der Waals surface area contributed by atoms with E-state index in [0.717, 1.165) is 18.4 Å². The number of hydrogen-bond acceptors (Lipinski definition) is 2. The summed E-state index contributed by atoms with van der Waals surface area (Å²) < 4.78 is 0. The van der Waals surface area contributed by atoms with Gasteiger partial charge in [0.05, 0.1) is 0 Å². The van der Waals surface area contributed by atoms with Crippen molar-refractivity contribution >= 4 is 11.8 Å². The number of carbonyl (C=O) groups is 2. The second kappa shape index (κ2) is 6.92. The molecule has 0 atom stereocenters. The third-order valence-electron chi connectivity index (χ3n) is 2.40. The molecule has 0 radical (unpaired) electrons. The van der Waals surface area contributed by atoms with Crippen molar-refractivity contribution in [1.29, 1.82) is 0 Å². The van der Waals surface area contributed by atoms with E-state index in [0.29, 0.717) is 0 Å². The van der Waals surface area contributed by atoms with Gasteiger partial charge in [0.1, 0.15) is 5.57 Å². The van der Waals surface area contributed by atoms with Gasteiger partial charge in [-0.15, -0.1) is 5.73 Å². The van der Waals surface area contributed by atoms with Crippen molar-refractivity contribution in [3.63, 3.8) is 0 Å². The normalized spacial score (nSPS) is 9.29. The Morgan fingerprint density at radius 1 is 0.882 bits per heavy atom. The van der Waals surface area contributed by atoms with Crippen LogP contribution in [0.2, 0.25) is 0 Å². The van der Waals surface area contributed by atoms with Crippen LogP contribution in [0.5, 0.6) is 0 Å². The first-order chi connectivity index (χ1) is 7.84. The second-order valence-corrected chi connectivity index (χ2v) is 4.21. The molecule has 4 heteroatoms. The van der Waals surface area contributed by atoms with Crippen molar-refractivity contribution in [2.75, 3.05) is 28.2 Å². The number of rotatable bonds is 4. The minimum Gasteiger partial charge on any atom is -0.344 e. The van der Waals surface area contributed by atoms with Crippen LogP contribution in [0.3, 0.4) is 0 Å². The van der Waals surface area contributed by atoms with E-state index in [1.54, 1.807) is 28.2 Å². The molecule has 0 aromatic rings. The summed E-state index contributed by atoms with van der Waals surface area (Å²) in [5, 5.41) is 0. The minimum atomic E-state index is -0.303. The third kappa shape index (κ3) is 4.45. The molecule has 17 heavy (non-hydrogen) atoms. The van der Waals surface area contributed by atoms with Gasteiger partial charge in [0, 0.05) is 28.2 Å². The monoisotopic (exact) mass is 238 g/mol. The molecular weight excluding hydrogens is 216 g/mol. The van der Waals surface area contributed by atoms with E-state index in [2.05, 4.69) is 5.73 Å². The molecule has 0 fully saturated rings. The molecule has 2 amide bonds. The molecular formula is C13H22N2O2. The standard InChI is InChI=1S/C13H22N2O2/c1-7-10(8-2)9-11(12(16)14(3)4)13(17)15(5)6/h7-8H2,1-6H3. The predicted molar refractivity (Wildman–Crippen MR) is 68.5 cm³/mol. The first-order valence-corrected chi connectivity index (χ1v) is 5.77. The van der Waals surface area contributed by atoms with Gasteiger partial charge in [0.2, 0.25) is 0 Å². The Morgan fingerprint density at radius 3 is 1.47 bits per heavy atom. The largest absolute Gasteiger partial charge is 0.344 e. The predicted octanol–water partition coefficient (Wildman–Crippen LogP) is 1.43. The van der Waals surface area contributed by atoms with Gasteiger partial charge in [-0.25, -0.2) is 0 Å². The topological polar surface area (TPSA) is 40.6 Å². The summed E-state index contributed by atoms with van der Waals surface area (Å²) in [7, 11) is 6.52. The quantitative estimate of drug-likeness (QED) is 0.322. The maximum absolute atomic E-state index is 11.9. The zero-order chi connectivity index (χ0) is 13.6. The summed E-state index contributed by atoms with van der Waals surface area (Å²) in [5.74, 6) is -0.605. The maximum atomic E-state index is 11.9. The molecule has 0 saturated heterocycles. The van der Waals surface area contributed by atoms with Crippen LogP contribution in [-0.4, -0.2) is 49.8 Å². The Kier molecular flexibility index (Phi) is 6.29. The van der Waals surface area contributed by atoms with Gasteiger partial charge < -0.3 is 9.80 Å². The number of nitrogens with zero attached hydrogens (tertiary/aromatic N) is 2. The van der Waals surface area contributed by atoms with Crippen molar-refractivity contribution in [1.82, 2.24) is 9.80 Å². The van der Waals surface area contributed by atoms with Crippen LogP contribution < -0.4 is 0 Å². The second-order valence-electron chi connectivity index (χ2n) is 4.21. The highest BCUT2D eigenvalue weighted by Crippen LogP contribution is 2.08. The van der Waals surface area contributed by atoms with Gasteiger partial charge in [0.25, 0.3) is 11.8 Å². The molecule has 0 bridgehead atoms. The number of likely N-dealkylation sites (N-methyl/N-ethyl adjacent to an activating group) is 2. The Morgan fingerprint density at radius 2 is 1.24 bits per heavy atom. The fourth-order valence-electron chi connectivity index (χ4n) is 1.25. The van der Waals surface area contributed by atoms with E-state index in [1.165, 1.54) is 9.80 Å². The molecule has 0 aromatic heterocycles. The maximum Gasteiger partial charge on any atom is 0.266 e. The van der Waals surface area contributed by atoms with E-state index in [4.69, 9.17) is 0 Å². The summed E-state index contributed by atoms with van der Waals surface area (Å²) in [5.41, 5.74) is 4.05. The van der Waals surface area contributed by atoms with Crippen LogP contribution in [-0.2, 0) is 9.59 Å². The van der Waals surface area contributed by atoms with Crippen LogP contribution >= 0.6 is 0 Å². The van der Waals surface area contributed by atoms with Crippen molar-refractivity contribution in [3.05, 3.63) is 16.9 Å². The van der Waals surface area contributed by atoms with E-state index >= 15 is 0 Å². The minimum absolute atomic E-state index is 0.110. The van der Waals surface area contributed by atoms with Gasteiger partial charge in [-0.1, -0.05) is 13.8 Å². The highest BCUT2D eigenvalue weighted by Gasteiger charge is 2.21. The van der Waals surface area contributed by atoms with Crippen LogP contribution in [0.1, 0.15) is 26.7 Å². The molecule has 4 nitrogen and oxygen atoms in total. The van der Waals surface area contributed by atoms with Crippen LogP contribution in [0.4, 0.5) is 0 Å². The third-order valence-corrected chi connectivity index (χ3v) is 2.40. The first kappa shape index (κ1) is 15.5. The Hall–Kier alpha value is -1.54. The highest BCUT2D eigenvalue weighted by molar-refractivity contribution is 6.17. The lowest BCUT2D eigenvalue weighted by atomic mass is 10.1. The zero-order valence-electron chi connectivity index (χ0n) is 11.6.